The normalized spacial score (nSPS) is 16.7. The molecule has 1 aromatic heterocycles. The van der Waals surface area contributed by atoms with Gasteiger partial charge in [-0.1, -0.05) is 5.10 Å². The Morgan fingerprint density at radius 2 is 2.20 bits per heavy atom. The summed E-state index contributed by atoms with van der Waals surface area (Å²) in [4.78, 5) is 12.1. The summed E-state index contributed by atoms with van der Waals surface area (Å²) in [6, 6.07) is 0. The summed E-state index contributed by atoms with van der Waals surface area (Å²) in [5.74, 6) is 0.626. The van der Waals surface area contributed by atoms with E-state index in [1.54, 1.807) is 6.92 Å². The number of nitro groups is 1. The van der Waals surface area contributed by atoms with Crippen LogP contribution in [0.2, 0.25) is 0 Å². The molecule has 0 saturated carbocycles. The van der Waals surface area contributed by atoms with E-state index in [-0.39, 0.29) is 5.82 Å². The van der Waals surface area contributed by atoms with Gasteiger partial charge in [0.05, 0.1) is 18.8 Å². The lowest BCUT2D eigenvalue weighted by Gasteiger charge is -2.26. The molecule has 0 aliphatic carbocycles. The Labute approximate surface area is 86.2 Å². The maximum Gasteiger partial charge on any atom is 0.347 e. The summed E-state index contributed by atoms with van der Waals surface area (Å²) >= 11 is 0. The lowest BCUT2D eigenvalue weighted by molar-refractivity contribution is -0.390. The molecule has 7 heteroatoms. The van der Waals surface area contributed by atoms with Gasteiger partial charge in [-0.3, -0.25) is 0 Å². The van der Waals surface area contributed by atoms with Gasteiger partial charge in [0.15, 0.2) is 5.82 Å². The number of aromatic amines is 1. The van der Waals surface area contributed by atoms with Crippen molar-refractivity contribution in [1.82, 2.24) is 10.2 Å². The quantitative estimate of drug-likeness (QED) is 0.568. The SMILES string of the molecule is Cc1c(N2CCOCC2)n[nH]c1[N+](=O)[O-]. The minimum absolute atomic E-state index is 0.0310. The van der Waals surface area contributed by atoms with Crippen molar-refractivity contribution in [3.05, 3.63) is 15.7 Å². The minimum Gasteiger partial charge on any atom is -0.378 e. The lowest BCUT2D eigenvalue weighted by atomic mass is 10.3. The van der Waals surface area contributed by atoms with Crippen LogP contribution < -0.4 is 4.90 Å². The number of anilines is 1. The van der Waals surface area contributed by atoms with E-state index >= 15 is 0 Å². The van der Waals surface area contributed by atoms with E-state index in [0.29, 0.717) is 24.6 Å². The van der Waals surface area contributed by atoms with E-state index in [1.807, 2.05) is 4.90 Å². The monoisotopic (exact) mass is 212 g/mol. The first-order valence-corrected chi connectivity index (χ1v) is 4.72. The van der Waals surface area contributed by atoms with Crippen LogP contribution in [0.25, 0.3) is 0 Å². The first-order valence-electron chi connectivity index (χ1n) is 4.72. The highest BCUT2D eigenvalue weighted by atomic mass is 16.6. The number of hydrogen-bond acceptors (Lipinski definition) is 5. The highest BCUT2D eigenvalue weighted by molar-refractivity contribution is 5.53. The van der Waals surface area contributed by atoms with E-state index < -0.39 is 4.92 Å². The van der Waals surface area contributed by atoms with Crippen LogP contribution in [0, 0.1) is 17.0 Å². The van der Waals surface area contributed by atoms with Gasteiger partial charge in [-0.15, -0.1) is 5.10 Å². The second kappa shape index (κ2) is 3.85. The van der Waals surface area contributed by atoms with Gasteiger partial charge in [-0.2, -0.15) is 0 Å². The molecule has 15 heavy (non-hydrogen) atoms. The summed E-state index contributed by atoms with van der Waals surface area (Å²) in [6.45, 7) is 4.43. The number of ether oxygens (including phenoxy) is 1. The molecule has 0 amide bonds. The number of aromatic nitrogens is 2. The first kappa shape index (κ1) is 9.91. The third-order valence-corrected chi connectivity index (χ3v) is 2.45. The molecule has 0 bridgehead atoms. The Morgan fingerprint density at radius 3 is 2.73 bits per heavy atom. The van der Waals surface area contributed by atoms with E-state index in [2.05, 4.69) is 10.2 Å². The fourth-order valence-electron chi connectivity index (χ4n) is 1.64. The summed E-state index contributed by atoms with van der Waals surface area (Å²) in [7, 11) is 0. The van der Waals surface area contributed by atoms with Crippen molar-refractivity contribution >= 4 is 11.6 Å². The molecule has 2 rings (SSSR count). The number of nitrogens with zero attached hydrogens (tertiary/aromatic N) is 3. The second-order valence-electron chi connectivity index (χ2n) is 3.38. The molecule has 2 heterocycles. The zero-order valence-corrected chi connectivity index (χ0v) is 8.39. The minimum atomic E-state index is -0.452. The van der Waals surface area contributed by atoms with Gasteiger partial charge >= 0.3 is 5.82 Å². The number of morpholine rings is 1. The Morgan fingerprint density at radius 1 is 1.53 bits per heavy atom. The molecule has 0 radical (unpaired) electrons. The van der Waals surface area contributed by atoms with Gasteiger partial charge in [-0.05, 0) is 11.8 Å². The summed E-state index contributed by atoms with van der Waals surface area (Å²) in [5, 5.41) is 17.0. The molecule has 0 atom stereocenters. The topological polar surface area (TPSA) is 84.3 Å². The third kappa shape index (κ3) is 1.78. The Kier molecular flexibility index (Phi) is 2.55. The fourth-order valence-corrected chi connectivity index (χ4v) is 1.64. The van der Waals surface area contributed by atoms with Gasteiger partial charge < -0.3 is 19.8 Å². The largest absolute Gasteiger partial charge is 0.378 e. The zero-order chi connectivity index (χ0) is 10.8. The van der Waals surface area contributed by atoms with Crippen LogP contribution in [0.1, 0.15) is 5.56 Å². The van der Waals surface area contributed by atoms with Crippen molar-refractivity contribution < 1.29 is 9.66 Å². The Balaban J connectivity index is 2.24. The van der Waals surface area contributed by atoms with Crippen molar-refractivity contribution in [1.29, 1.82) is 0 Å². The van der Waals surface area contributed by atoms with Gasteiger partial charge in [0, 0.05) is 13.1 Å². The van der Waals surface area contributed by atoms with Crippen molar-refractivity contribution in [2.45, 2.75) is 6.92 Å². The molecule has 1 aliphatic rings. The second-order valence-corrected chi connectivity index (χ2v) is 3.38. The number of H-pyrrole nitrogens is 1. The molecular formula is C8H12N4O3. The molecule has 0 aromatic carbocycles. The van der Waals surface area contributed by atoms with E-state index in [9.17, 15) is 10.1 Å². The predicted molar refractivity (Wildman–Crippen MR) is 53.0 cm³/mol. The third-order valence-electron chi connectivity index (χ3n) is 2.45. The van der Waals surface area contributed by atoms with Crippen molar-refractivity contribution in [3.63, 3.8) is 0 Å². The van der Waals surface area contributed by atoms with Crippen LogP contribution in [-0.2, 0) is 4.74 Å². The van der Waals surface area contributed by atoms with Gasteiger partial charge in [0.1, 0.15) is 0 Å². The van der Waals surface area contributed by atoms with Crippen LogP contribution in [0.5, 0.6) is 0 Å². The number of hydrogen-bond donors (Lipinski definition) is 1. The van der Waals surface area contributed by atoms with Crippen LogP contribution in [-0.4, -0.2) is 41.4 Å². The summed E-state index contributed by atoms with van der Waals surface area (Å²) in [6.07, 6.45) is 0. The van der Waals surface area contributed by atoms with E-state index in [0.717, 1.165) is 13.1 Å². The molecule has 1 saturated heterocycles. The highest BCUT2D eigenvalue weighted by Gasteiger charge is 2.23. The standard InChI is InChI=1S/C8H12N4O3/c1-6-7(9-10-8(6)12(13)14)11-2-4-15-5-3-11/h2-5H2,1H3,(H,9,10). The molecule has 7 nitrogen and oxygen atoms in total. The fraction of sp³-hybridized carbons (Fsp3) is 0.625. The molecule has 1 N–H and O–H groups in total. The number of nitrogens with one attached hydrogen (secondary N) is 1. The van der Waals surface area contributed by atoms with Crippen molar-refractivity contribution in [3.8, 4) is 0 Å². The van der Waals surface area contributed by atoms with Gasteiger partial charge in [0.25, 0.3) is 0 Å². The molecule has 0 spiro atoms. The lowest BCUT2D eigenvalue weighted by Crippen LogP contribution is -2.36. The smallest absolute Gasteiger partial charge is 0.347 e. The average molecular weight is 212 g/mol. The maximum absolute atomic E-state index is 10.6. The van der Waals surface area contributed by atoms with Crippen LogP contribution >= 0.6 is 0 Å². The summed E-state index contributed by atoms with van der Waals surface area (Å²) in [5.41, 5.74) is 0.585. The van der Waals surface area contributed by atoms with Crippen molar-refractivity contribution in [2.75, 3.05) is 31.2 Å². The van der Waals surface area contributed by atoms with Crippen LogP contribution in [0.4, 0.5) is 11.6 Å². The average Bonchev–Trinajstić information content (AvgIpc) is 2.61. The Hall–Kier alpha value is -1.63. The Bertz CT molecular complexity index is 370. The first-order chi connectivity index (χ1) is 7.20. The van der Waals surface area contributed by atoms with E-state index in [4.69, 9.17) is 4.74 Å². The molecule has 82 valence electrons. The zero-order valence-electron chi connectivity index (χ0n) is 8.39. The van der Waals surface area contributed by atoms with Gasteiger partial charge in [0.2, 0.25) is 0 Å². The molecule has 1 fully saturated rings. The molecule has 1 aromatic rings. The maximum atomic E-state index is 10.6. The molecule has 1 aliphatic heterocycles. The summed E-state index contributed by atoms with van der Waals surface area (Å²) < 4.78 is 5.20. The number of rotatable bonds is 2. The van der Waals surface area contributed by atoms with E-state index in [1.165, 1.54) is 0 Å². The highest BCUT2D eigenvalue weighted by Crippen LogP contribution is 2.25. The van der Waals surface area contributed by atoms with Crippen molar-refractivity contribution in [2.24, 2.45) is 0 Å². The molecular weight excluding hydrogens is 200 g/mol. The van der Waals surface area contributed by atoms with Gasteiger partial charge in [-0.25, -0.2) is 0 Å². The predicted octanol–water partition coefficient (Wildman–Crippen LogP) is 0.463. The van der Waals surface area contributed by atoms with Crippen LogP contribution in [0.3, 0.4) is 0 Å². The van der Waals surface area contributed by atoms with Crippen LogP contribution in [0.15, 0.2) is 0 Å². The molecule has 0 unspecified atom stereocenters.